The fraction of sp³-hybridized carbons (Fsp3) is 1.00. The summed E-state index contributed by atoms with van der Waals surface area (Å²) < 4.78 is 0. The number of rotatable bonds is 5. The molecule has 0 amide bonds. The van der Waals surface area contributed by atoms with Gasteiger partial charge in [0.05, 0.1) is 12.7 Å². The highest BCUT2D eigenvalue weighted by Gasteiger charge is 2.17. The fourth-order valence-corrected chi connectivity index (χ4v) is 1.76. The molecule has 0 aromatic carbocycles. The first-order valence-electron chi connectivity index (χ1n) is 5.50. The highest BCUT2D eigenvalue weighted by molar-refractivity contribution is 4.73. The van der Waals surface area contributed by atoms with Crippen molar-refractivity contribution in [3.63, 3.8) is 0 Å². The molecule has 4 nitrogen and oxygen atoms in total. The number of nitrogens with zero attached hydrogens (tertiary/aromatic N) is 2. The van der Waals surface area contributed by atoms with Crippen molar-refractivity contribution in [3.05, 3.63) is 0 Å². The summed E-state index contributed by atoms with van der Waals surface area (Å²) in [6.07, 6.45) is 0.649. The molecule has 0 saturated carbocycles. The zero-order valence-corrected chi connectivity index (χ0v) is 9.02. The fourth-order valence-electron chi connectivity index (χ4n) is 1.76. The second kappa shape index (κ2) is 6.35. The zero-order chi connectivity index (χ0) is 10.4. The maximum atomic E-state index is 9.48. The van der Waals surface area contributed by atoms with Gasteiger partial charge in [0, 0.05) is 39.3 Å². The summed E-state index contributed by atoms with van der Waals surface area (Å²) in [7, 11) is 0. The van der Waals surface area contributed by atoms with Crippen LogP contribution in [0.3, 0.4) is 0 Å². The topological polar surface area (TPSA) is 46.9 Å². The molecule has 1 rings (SSSR count). The Bertz CT molecular complexity index is 147. The molecule has 4 heteroatoms. The van der Waals surface area contributed by atoms with Gasteiger partial charge < -0.3 is 10.2 Å². The second-order valence-electron chi connectivity index (χ2n) is 3.93. The van der Waals surface area contributed by atoms with Crippen LogP contribution < -0.4 is 0 Å². The summed E-state index contributed by atoms with van der Waals surface area (Å²) in [6.45, 7) is 7.88. The van der Waals surface area contributed by atoms with Crippen LogP contribution in [0.5, 0.6) is 0 Å². The van der Waals surface area contributed by atoms with Crippen molar-refractivity contribution >= 4 is 0 Å². The molecule has 1 atom stereocenters. The average molecular weight is 202 g/mol. The Morgan fingerprint density at radius 2 is 1.71 bits per heavy atom. The van der Waals surface area contributed by atoms with Gasteiger partial charge in [0.15, 0.2) is 0 Å². The van der Waals surface area contributed by atoms with Crippen LogP contribution in [0.25, 0.3) is 0 Å². The standard InChI is InChI=1S/C10H22N2O2/c1-2-10(14)9-12-5-3-11(4-6-12)7-8-13/h10,13-14H,2-9H2,1H3. The first-order chi connectivity index (χ1) is 6.76. The van der Waals surface area contributed by atoms with E-state index in [-0.39, 0.29) is 12.7 Å². The normalized spacial score (nSPS) is 22.5. The van der Waals surface area contributed by atoms with Crippen molar-refractivity contribution in [3.8, 4) is 0 Å². The largest absolute Gasteiger partial charge is 0.395 e. The number of hydrogen-bond acceptors (Lipinski definition) is 4. The van der Waals surface area contributed by atoms with E-state index in [4.69, 9.17) is 5.11 Å². The van der Waals surface area contributed by atoms with Gasteiger partial charge in [-0.1, -0.05) is 6.92 Å². The molecule has 0 spiro atoms. The molecule has 84 valence electrons. The predicted molar refractivity (Wildman–Crippen MR) is 56.3 cm³/mol. The highest BCUT2D eigenvalue weighted by Crippen LogP contribution is 2.03. The van der Waals surface area contributed by atoms with Gasteiger partial charge in [0.2, 0.25) is 0 Å². The van der Waals surface area contributed by atoms with Crippen molar-refractivity contribution in [2.24, 2.45) is 0 Å². The van der Waals surface area contributed by atoms with Crippen LogP contribution in [0.4, 0.5) is 0 Å². The summed E-state index contributed by atoms with van der Waals surface area (Å²) in [4.78, 5) is 4.55. The van der Waals surface area contributed by atoms with Gasteiger partial charge in [0.1, 0.15) is 0 Å². The third kappa shape index (κ3) is 3.92. The Hall–Kier alpha value is -0.160. The lowest BCUT2D eigenvalue weighted by molar-refractivity contribution is 0.0649. The van der Waals surface area contributed by atoms with Crippen molar-refractivity contribution in [1.82, 2.24) is 9.80 Å². The lowest BCUT2D eigenvalue weighted by Crippen LogP contribution is -2.49. The number of piperazine rings is 1. The number of aliphatic hydroxyl groups excluding tert-OH is 2. The first-order valence-corrected chi connectivity index (χ1v) is 5.50. The Balaban J connectivity index is 2.15. The zero-order valence-electron chi connectivity index (χ0n) is 9.02. The number of aliphatic hydroxyl groups is 2. The van der Waals surface area contributed by atoms with Crippen LogP contribution >= 0.6 is 0 Å². The van der Waals surface area contributed by atoms with E-state index in [9.17, 15) is 5.11 Å². The van der Waals surface area contributed by atoms with Gasteiger partial charge in [-0.15, -0.1) is 0 Å². The quantitative estimate of drug-likeness (QED) is 0.623. The lowest BCUT2D eigenvalue weighted by atomic mass is 10.2. The van der Waals surface area contributed by atoms with Gasteiger partial charge in [-0.3, -0.25) is 9.80 Å². The molecular formula is C10H22N2O2. The summed E-state index contributed by atoms with van der Waals surface area (Å²) in [5.74, 6) is 0. The average Bonchev–Trinajstić information content (AvgIpc) is 2.21. The highest BCUT2D eigenvalue weighted by atomic mass is 16.3. The predicted octanol–water partition coefficient (Wildman–Crippen LogP) is -0.633. The van der Waals surface area contributed by atoms with E-state index in [1.807, 2.05) is 6.92 Å². The molecule has 14 heavy (non-hydrogen) atoms. The minimum Gasteiger partial charge on any atom is -0.395 e. The van der Waals surface area contributed by atoms with E-state index >= 15 is 0 Å². The van der Waals surface area contributed by atoms with E-state index < -0.39 is 0 Å². The Kier molecular flexibility index (Phi) is 5.40. The molecular weight excluding hydrogens is 180 g/mol. The lowest BCUT2D eigenvalue weighted by Gasteiger charge is -2.35. The van der Waals surface area contributed by atoms with E-state index in [0.29, 0.717) is 0 Å². The molecule has 0 aromatic heterocycles. The van der Waals surface area contributed by atoms with Crippen LogP contribution in [-0.4, -0.2) is 72.0 Å². The smallest absolute Gasteiger partial charge is 0.0664 e. The minimum absolute atomic E-state index is 0.181. The van der Waals surface area contributed by atoms with Gasteiger partial charge in [0.25, 0.3) is 0 Å². The van der Waals surface area contributed by atoms with E-state index in [1.54, 1.807) is 0 Å². The van der Waals surface area contributed by atoms with Gasteiger partial charge >= 0.3 is 0 Å². The maximum absolute atomic E-state index is 9.48. The van der Waals surface area contributed by atoms with Crippen LogP contribution in [0.15, 0.2) is 0 Å². The summed E-state index contributed by atoms with van der Waals surface area (Å²) in [6, 6.07) is 0. The van der Waals surface area contributed by atoms with Crippen LogP contribution in [-0.2, 0) is 0 Å². The molecule has 1 aliphatic rings. The van der Waals surface area contributed by atoms with Crippen molar-refractivity contribution < 1.29 is 10.2 Å². The van der Waals surface area contributed by atoms with Gasteiger partial charge in [-0.2, -0.15) is 0 Å². The van der Waals surface area contributed by atoms with Gasteiger partial charge in [-0.25, -0.2) is 0 Å². The number of hydrogen-bond donors (Lipinski definition) is 2. The Labute approximate surface area is 86.1 Å². The van der Waals surface area contributed by atoms with Crippen LogP contribution in [0.2, 0.25) is 0 Å². The molecule has 2 N–H and O–H groups in total. The van der Waals surface area contributed by atoms with Gasteiger partial charge in [-0.05, 0) is 6.42 Å². The number of β-amino-alcohol motifs (C(OH)–C–C–N with tert-alkyl or cyclic N) is 2. The summed E-state index contributed by atoms with van der Waals surface area (Å²) in [5, 5.41) is 18.3. The Morgan fingerprint density at radius 1 is 1.14 bits per heavy atom. The SMILES string of the molecule is CCC(O)CN1CCN(CCO)CC1. The molecule has 1 aliphatic heterocycles. The van der Waals surface area contributed by atoms with E-state index in [2.05, 4.69) is 9.80 Å². The molecule has 1 saturated heterocycles. The monoisotopic (exact) mass is 202 g/mol. The van der Waals surface area contributed by atoms with Crippen molar-refractivity contribution in [1.29, 1.82) is 0 Å². The van der Waals surface area contributed by atoms with Crippen molar-refractivity contribution in [2.45, 2.75) is 19.4 Å². The Morgan fingerprint density at radius 3 is 2.21 bits per heavy atom. The van der Waals surface area contributed by atoms with Crippen LogP contribution in [0.1, 0.15) is 13.3 Å². The molecule has 0 radical (unpaired) electrons. The van der Waals surface area contributed by atoms with E-state index in [1.165, 1.54) is 0 Å². The summed E-state index contributed by atoms with van der Waals surface area (Å²) >= 11 is 0. The summed E-state index contributed by atoms with van der Waals surface area (Å²) in [5.41, 5.74) is 0. The van der Waals surface area contributed by atoms with Crippen LogP contribution in [0, 0.1) is 0 Å². The molecule has 0 aliphatic carbocycles. The van der Waals surface area contributed by atoms with E-state index in [0.717, 1.165) is 45.7 Å². The van der Waals surface area contributed by atoms with Crippen molar-refractivity contribution in [2.75, 3.05) is 45.9 Å². The maximum Gasteiger partial charge on any atom is 0.0664 e. The second-order valence-corrected chi connectivity index (χ2v) is 3.93. The molecule has 0 bridgehead atoms. The molecule has 1 unspecified atom stereocenters. The molecule has 1 fully saturated rings. The molecule has 1 heterocycles. The minimum atomic E-state index is -0.181. The molecule has 0 aromatic rings. The third-order valence-electron chi connectivity index (χ3n) is 2.82. The first kappa shape index (κ1) is 11.9. The third-order valence-corrected chi connectivity index (χ3v) is 2.82.